The fourth-order valence-corrected chi connectivity index (χ4v) is 3.43. The Kier molecular flexibility index (Phi) is 3.78. The van der Waals surface area contributed by atoms with E-state index in [-0.39, 0.29) is 11.8 Å². The SMILES string of the molecule is CC(C)(NC(=O)C1CNCc2ccccc21)c1nccs1. The number of nitrogens with zero attached hydrogens (tertiary/aromatic N) is 1. The van der Waals surface area contributed by atoms with Gasteiger partial charge < -0.3 is 10.6 Å². The fourth-order valence-electron chi connectivity index (χ4n) is 2.71. The van der Waals surface area contributed by atoms with Crippen molar-refractivity contribution in [1.82, 2.24) is 15.6 Å². The van der Waals surface area contributed by atoms with Crippen LogP contribution in [-0.2, 0) is 16.9 Å². The molecule has 1 unspecified atom stereocenters. The molecule has 0 fully saturated rings. The Labute approximate surface area is 128 Å². The number of nitrogens with one attached hydrogen (secondary N) is 2. The smallest absolute Gasteiger partial charge is 0.229 e. The van der Waals surface area contributed by atoms with Crippen LogP contribution in [0.1, 0.15) is 35.9 Å². The molecule has 2 N–H and O–H groups in total. The predicted molar refractivity (Wildman–Crippen MR) is 84.2 cm³/mol. The molecule has 1 aromatic heterocycles. The first-order valence-electron chi connectivity index (χ1n) is 7.08. The van der Waals surface area contributed by atoms with Crippen LogP contribution in [0.2, 0.25) is 0 Å². The first-order chi connectivity index (χ1) is 10.1. The molecule has 5 heteroatoms. The van der Waals surface area contributed by atoms with Gasteiger partial charge in [-0.15, -0.1) is 11.3 Å². The summed E-state index contributed by atoms with van der Waals surface area (Å²) in [6, 6.07) is 8.14. The van der Waals surface area contributed by atoms with Gasteiger partial charge in [0.1, 0.15) is 5.01 Å². The second kappa shape index (κ2) is 5.58. The van der Waals surface area contributed by atoms with Crippen LogP contribution in [0.5, 0.6) is 0 Å². The topological polar surface area (TPSA) is 54.0 Å². The maximum absolute atomic E-state index is 12.7. The number of fused-ring (bicyclic) bond motifs is 1. The van der Waals surface area contributed by atoms with E-state index in [1.165, 1.54) is 5.56 Å². The van der Waals surface area contributed by atoms with Gasteiger partial charge in [-0.05, 0) is 25.0 Å². The van der Waals surface area contributed by atoms with Crippen LogP contribution in [0.15, 0.2) is 35.8 Å². The molecule has 2 heterocycles. The highest BCUT2D eigenvalue weighted by Gasteiger charge is 2.32. The molecular formula is C16H19N3OS. The Bertz CT molecular complexity index is 637. The lowest BCUT2D eigenvalue weighted by atomic mass is 9.89. The highest BCUT2D eigenvalue weighted by atomic mass is 32.1. The quantitative estimate of drug-likeness (QED) is 0.915. The Morgan fingerprint density at radius 3 is 3.00 bits per heavy atom. The summed E-state index contributed by atoms with van der Waals surface area (Å²) in [5.41, 5.74) is 1.89. The van der Waals surface area contributed by atoms with Crippen LogP contribution < -0.4 is 10.6 Å². The van der Waals surface area contributed by atoms with Gasteiger partial charge in [0.25, 0.3) is 0 Å². The van der Waals surface area contributed by atoms with Gasteiger partial charge in [-0.2, -0.15) is 0 Å². The zero-order valence-electron chi connectivity index (χ0n) is 12.2. The van der Waals surface area contributed by atoms with E-state index in [0.717, 1.165) is 17.1 Å². The van der Waals surface area contributed by atoms with Crippen molar-refractivity contribution >= 4 is 17.2 Å². The van der Waals surface area contributed by atoms with Crippen molar-refractivity contribution in [3.05, 3.63) is 52.0 Å². The third-order valence-corrected chi connectivity index (χ3v) is 4.91. The molecule has 4 nitrogen and oxygen atoms in total. The Balaban J connectivity index is 1.81. The molecule has 110 valence electrons. The molecule has 0 spiro atoms. The molecule has 0 radical (unpaired) electrons. The number of hydrogen-bond donors (Lipinski definition) is 2. The number of hydrogen-bond acceptors (Lipinski definition) is 4. The fraction of sp³-hybridized carbons (Fsp3) is 0.375. The van der Waals surface area contributed by atoms with Gasteiger partial charge in [0.2, 0.25) is 5.91 Å². The summed E-state index contributed by atoms with van der Waals surface area (Å²) in [7, 11) is 0. The van der Waals surface area contributed by atoms with Crippen molar-refractivity contribution < 1.29 is 4.79 Å². The third-order valence-electron chi connectivity index (χ3n) is 3.81. The molecule has 0 bridgehead atoms. The van der Waals surface area contributed by atoms with Gasteiger partial charge in [0.05, 0.1) is 11.5 Å². The second-order valence-electron chi connectivity index (χ2n) is 5.83. The first-order valence-corrected chi connectivity index (χ1v) is 7.96. The summed E-state index contributed by atoms with van der Waals surface area (Å²) >= 11 is 1.56. The van der Waals surface area contributed by atoms with Gasteiger partial charge >= 0.3 is 0 Å². The van der Waals surface area contributed by atoms with Crippen molar-refractivity contribution in [1.29, 1.82) is 0 Å². The number of benzene rings is 1. The van der Waals surface area contributed by atoms with E-state index in [9.17, 15) is 4.79 Å². The lowest BCUT2D eigenvalue weighted by Crippen LogP contribution is -2.46. The lowest BCUT2D eigenvalue weighted by molar-refractivity contribution is -0.124. The number of rotatable bonds is 3. The van der Waals surface area contributed by atoms with E-state index in [2.05, 4.69) is 27.8 Å². The lowest BCUT2D eigenvalue weighted by Gasteiger charge is -2.30. The summed E-state index contributed by atoms with van der Waals surface area (Å²) in [5.74, 6) is -0.0935. The van der Waals surface area contributed by atoms with E-state index < -0.39 is 5.54 Å². The van der Waals surface area contributed by atoms with Crippen molar-refractivity contribution in [2.24, 2.45) is 0 Å². The molecule has 1 aliphatic heterocycles. The Morgan fingerprint density at radius 1 is 1.43 bits per heavy atom. The minimum Gasteiger partial charge on any atom is -0.344 e. The second-order valence-corrected chi connectivity index (χ2v) is 6.73. The summed E-state index contributed by atoms with van der Waals surface area (Å²) in [4.78, 5) is 17.0. The largest absolute Gasteiger partial charge is 0.344 e. The molecule has 0 saturated heterocycles. The minimum absolute atomic E-state index is 0.0508. The summed E-state index contributed by atoms with van der Waals surface area (Å²) in [5, 5.41) is 9.31. The molecule has 2 aromatic rings. The molecule has 1 atom stereocenters. The van der Waals surface area contributed by atoms with E-state index in [1.807, 2.05) is 31.4 Å². The van der Waals surface area contributed by atoms with Crippen molar-refractivity contribution in [2.45, 2.75) is 31.8 Å². The summed E-state index contributed by atoms with van der Waals surface area (Å²) < 4.78 is 0. The highest BCUT2D eigenvalue weighted by Crippen LogP contribution is 2.27. The number of aromatic nitrogens is 1. The van der Waals surface area contributed by atoms with Gasteiger partial charge in [0, 0.05) is 24.7 Å². The zero-order valence-corrected chi connectivity index (χ0v) is 13.0. The van der Waals surface area contributed by atoms with Crippen LogP contribution in [0.4, 0.5) is 0 Å². The van der Waals surface area contributed by atoms with Crippen molar-refractivity contribution in [3.8, 4) is 0 Å². The number of thiazole rings is 1. The average molecular weight is 301 g/mol. The normalized spacial score (nSPS) is 18.1. The Hall–Kier alpha value is -1.72. The molecule has 21 heavy (non-hydrogen) atoms. The molecular weight excluding hydrogens is 282 g/mol. The molecule has 1 aliphatic rings. The minimum atomic E-state index is -0.447. The zero-order chi connectivity index (χ0) is 14.9. The molecule has 0 saturated carbocycles. The maximum Gasteiger partial charge on any atom is 0.229 e. The highest BCUT2D eigenvalue weighted by molar-refractivity contribution is 7.09. The Morgan fingerprint density at radius 2 is 2.24 bits per heavy atom. The van der Waals surface area contributed by atoms with E-state index in [0.29, 0.717) is 6.54 Å². The van der Waals surface area contributed by atoms with E-state index in [1.54, 1.807) is 17.5 Å². The van der Waals surface area contributed by atoms with Crippen molar-refractivity contribution in [3.63, 3.8) is 0 Å². The van der Waals surface area contributed by atoms with Crippen molar-refractivity contribution in [2.75, 3.05) is 6.54 Å². The van der Waals surface area contributed by atoms with E-state index in [4.69, 9.17) is 0 Å². The van der Waals surface area contributed by atoms with E-state index >= 15 is 0 Å². The maximum atomic E-state index is 12.7. The van der Waals surface area contributed by atoms with Crippen LogP contribution in [0, 0.1) is 0 Å². The van der Waals surface area contributed by atoms with Crippen LogP contribution in [-0.4, -0.2) is 17.4 Å². The molecule has 0 aliphatic carbocycles. The average Bonchev–Trinajstić information content (AvgIpc) is 3.01. The van der Waals surface area contributed by atoms with Crippen LogP contribution in [0.3, 0.4) is 0 Å². The number of carbonyl (C=O) groups is 1. The third kappa shape index (κ3) is 2.84. The molecule has 1 aromatic carbocycles. The molecule has 1 amide bonds. The monoisotopic (exact) mass is 301 g/mol. The predicted octanol–water partition coefficient (Wildman–Crippen LogP) is 2.38. The number of carbonyl (C=O) groups excluding carboxylic acids is 1. The number of amides is 1. The standard InChI is InChI=1S/C16H19N3OS/c1-16(2,15-18-7-8-21-15)19-14(20)13-10-17-9-11-5-3-4-6-12(11)13/h3-8,13,17H,9-10H2,1-2H3,(H,19,20). The van der Waals surface area contributed by atoms with Gasteiger partial charge in [-0.25, -0.2) is 4.98 Å². The molecule has 3 rings (SSSR count). The van der Waals surface area contributed by atoms with Gasteiger partial charge in [-0.1, -0.05) is 24.3 Å². The van der Waals surface area contributed by atoms with Gasteiger partial charge in [0.15, 0.2) is 0 Å². The van der Waals surface area contributed by atoms with Crippen LogP contribution >= 0.6 is 11.3 Å². The first kappa shape index (κ1) is 14.2. The summed E-state index contributed by atoms with van der Waals surface area (Å²) in [6.45, 7) is 5.49. The van der Waals surface area contributed by atoms with Gasteiger partial charge in [-0.3, -0.25) is 4.79 Å². The summed E-state index contributed by atoms with van der Waals surface area (Å²) in [6.07, 6.45) is 1.77. The van der Waals surface area contributed by atoms with Crippen LogP contribution in [0.25, 0.3) is 0 Å².